The minimum absolute atomic E-state index is 0.0354. The van der Waals surface area contributed by atoms with E-state index in [1.807, 2.05) is 6.07 Å². The molecule has 0 aliphatic carbocycles. The van der Waals surface area contributed by atoms with Gasteiger partial charge >= 0.3 is 6.18 Å². The quantitative estimate of drug-likeness (QED) is 0.342. The average Bonchev–Trinajstić information content (AvgIpc) is 2.53. The summed E-state index contributed by atoms with van der Waals surface area (Å²) in [6, 6.07) is 5.39. The van der Waals surface area contributed by atoms with E-state index in [1.165, 1.54) is 0 Å². The molecule has 0 atom stereocenters. The number of halogens is 4. The zero-order chi connectivity index (χ0) is 18.3. The number of alkyl halides is 3. The first-order valence-corrected chi connectivity index (χ1v) is 7.91. The third-order valence-corrected chi connectivity index (χ3v) is 4.07. The van der Waals surface area contributed by atoms with E-state index in [-0.39, 0.29) is 22.0 Å². The zero-order valence-electron chi connectivity index (χ0n) is 13.0. The van der Waals surface area contributed by atoms with E-state index in [9.17, 15) is 17.6 Å². The molecule has 0 saturated heterocycles. The monoisotopic (exact) mass is 358 g/mol. The second-order valence-electron chi connectivity index (χ2n) is 4.53. The molecular weight excluding hydrogens is 344 g/mol. The number of rotatable bonds is 5. The summed E-state index contributed by atoms with van der Waals surface area (Å²) in [5, 5.41) is 18.1. The zero-order valence-corrected chi connectivity index (χ0v) is 13.8. The molecule has 0 amide bonds. The fourth-order valence-electron chi connectivity index (χ4n) is 1.80. The Hall–Kier alpha value is -2.26. The van der Waals surface area contributed by atoms with Crippen LogP contribution < -0.4 is 0 Å². The van der Waals surface area contributed by atoms with Crippen molar-refractivity contribution in [1.29, 1.82) is 10.5 Å². The van der Waals surface area contributed by atoms with Gasteiger partial charge in [0.05, 0.1) is 11.3 Å². The summed E-state index contributed by atoms with van der Waals surface area (Å²) in [5.41, 5.74) is -0.482. The molecule has 1 aromatic carbocycles. The number of thioether (sulfide) groups is 1. The molecule has 9 heteroatoms. The van der Waals surface area contributed by atoms with E-state index in [0.717, 1.165) is 12.1 Å². The summed E-state index contributed by atoms with van der Waals surface area (Å²) in [5.74, 6) is -2.13. The molecule has 0 saturated carbocycles. The first-order chi connectivity index (χ1) is 11.3. The van der Waals surface area contributed by atoms with Gasteiger partial charge in [-0.2, -0.15) is 23.7 Å². The largest absolute Gasteiger partial charge is 0.398 e. The third kappa shape index (κ3) is 5.43. The summed E-state index contributed by atoms with van der Waals surface area (Å²) in [6.07, 6.45) is -4.42. The Kier molecular flexibility index (Phi) is 7.05. The molecule has 24 heavy (non-hydrogen) atoms. The highest BCUT2D eigenvalue weighted by Gasteiger charge is 2.28. The molecule has 128 valence electrons. The van der Waals surface area contributed by atoms with Gasteiger partial charge in [0.15, 0.2) is 0 Å². The normalized spacial score (nSPS) is 11.8. The van der Waals surface area contributed by atoms with E-state index in [2.05, 4.69) is 4.99 Å². The standard InChI is InChI=1S/C15H14F4N4S/c1-3-23(4-2)14(8-21)22-12-6-13(24-9-15(17,18)19)10(7-20)5-11(12)16/h5-6H,3-4,9H2,1-2H3. The lowest BCUT2D eigenvalue weighted by Crippen LogP contribution is -2.29. The minimum atomic E-state index is -4.42. The number of nitriles is 2. The molecule has 0 aliphatic heterocycles. The van der Waals surface area contributed by atoms with Crippen molar-refractivity contribution in [3.63, 3.8) is 0 Å². The van der Waals surface area contributed by atoms with Crippen LogP contribution >= 0.6 is 11.8 Å². The van der Waals surface area contributed by atoms with Crippen molar-refractivity contribution in [3.8, 4) is 12.1 Å². The van der Waals surface area contributed by atoms with E-state index in [4.69, 9.17) is 10.5 Å². The fourth-order valence-corrected chi connectivity index (χ4v) is 2.57. The number of aliphatic imine (C=N–C) groups is 1. The Morgan fingerprint density at radius 1 is 1.25 bits per heavy atom. The second kappa shape index (κ2) is 8.55. The topological polar surface area (TPSA) is 63.2 Å². The van der Waals surface area contributed by atoms with Gasteiger partial charge in [0.25, 0.3) is 0 Å². The first-order valence-electron chi connectivity index (χ1n) is 6.92. The van der Waals surface area contributed by atoms with Crippen LogP contribution in [0.25, 0.3) is 0 Å². The highest BCUT2D eigenvalue weighted by Crippen LogP contribution is 2.33. The van der Waals surface area contributed by atoms with Crippen LogP contribution in [0, 0.1) is 28.5 Å². The van der Waals surface area contributed by atoms with Crippen molar-refractivity contribution in [2.75, 3.05) is 18.8 Å². The Labute approximate surface area is 141 Å². The maximum Gasteiger partial charge on any atom is 0.398 e. The number of benzene rings is 1. The molecule has 0 N–H and O–H groups in total. The van der Waals surface area contributed by atoms with Crippen LogP contribution in [0.1, 0.15) is 19.4 Å². The molecule has 0 unspecified atom stereocenters. The van der Waals surface area contributed by atoms with Crippen LogP contribution in [-0.2, 0) is 0 Å². The van der Waals surface area contributed by atoms with Crippen LogP contribution in [0.3, 0.4) is 0 Å². The van der Waals surface area contributed by atoms with Gasteiger partial charge in [0.1, 0.15) is 23.6 Å². The molecule has 0 spiro atoms. The minimum Gasteiger partial charge on any atom is -0.348 e. The van der Waals surface area contributed by atoms with Gasteiger partial charge in [0, 0.05) is 18.0 Å². The third-order valence-electron chi connectivity index (χ3n) is 2.95. The van der Waals surface area contributed by atoms with Gasteiger partial charge in [-0.25, -0.2) is 9.38 Å². The highest BCUT2D eigenvalue weighted by molar-refractivity contribution is 7.99. The number of amidine groups is 1. The Bertz CT molecular complexity index is 697. The predicted molar refractivity (Wildman–Crippen MR) is 83.5 cm³/mol. The number of hydrogen-bond acceptors (Lipinski definition) is 4. The smallest absolute Gasteiger partial charge is 0.348 e. The summed E-state index contributed by atoms with van der Waals surface area (Å²) < 4.78 is 51.1. The number of nitrogens with zero attached hydrogens (tertiary/aromatic N) is 4. The van der Waals surface area contributed by atoms with Crippen LogP contribution in [0.5, 0.6) is 0 Å². The van der Waals surface area contributed by atoms with E-state index < -0.39 is 17.7 Å². The van der Waals surface area contributed by atoms with Gasteiger partial charge in [-0.05, 0) is 26.0 Å². The van der Waals surface area contributed by atoms with Gasteiger partial charge < -0.3 is 4.90 Å². The van der Waals surface area contributed by atoms with Crippen LogP contribution in [0.4, 0.5) is 23.2 Å². The van der Waals surface area contributed by atoms with E-state index in [1.54, 1.807) is 24.8 Å². The molecule has 0 aromatic heterocycles. The van der Waals surface area contributed by atoms with Gasteiger partial charge in [-0.3, -0.25) is 0 Å². The highest BCUT2D eigenvalue weighted by atomic mass is 32.2. The maximum absolute atomic E-state index is 14.0. The Morgan fingerprint density at radius 2 is 1.88 bits per heavy atom. The molecule has 4 nitrogen and oxygen atoms in total. The maximum atomic E-state index is 14.0. The van der Waals surface area contributed by atoms with Gasteiger partial charge in [-0.15, -0.1) is 11.8 Å². The summed E-state index contributed by atoms with van der Waals surface area (Å²) >= 11 is 0.376. The van der Waals surface area contributed by atoms with Crippen molar-refractivity contribution >= 4 is 23.3 Å². The molecule has 0 radical (unpaired) electrons. The molecule has 0 heterocycles. The molecule has 1 aromatic rings. The summed E-state index contributed by atoms with van der Waals surface area (Å²) in [7, 11) is 0. The van der Waals surface area contributed by atoms with Crippen LogP contribution in [0.2, 0.25) is 0 Å². The van der Waals surface area contributed by atoms with Crippen LogP contribution in [-0.4, -0.2) is 35.8 Å². The predicted octanol–water partition coefficient (Wildman–Crippen LogP) is 4.25. The van der Waals surface area contributed by atoms with Crippen molar-refractivity contribution in [3.05, 3.63) is 23.5 Å². The van der Waals surface area contributed by atoms with Crippen LogP contribution in [0.15, 0.2) is 22.0 Å². The molecular formula is C15H14F4N4S. The van der Waals surface area contributed by atoms with Crippen molar-refractivity contribution < 1.29 is 17.6 Å². The molecule has 1 rings (SSSR count). The van der Waals surface area contributed by atoms with Gasteiger partial charge in [-0.1, -0.05) is 0 Å². The van der Waals surface area contributed by atoms with Gasteiger partial charge in [0.2, 0.25) is 5.84 Å². The number of hydrogen-bond donors (Lipinski definition) is 0. The van der Waals surface area contributed by atoms with E-state index in [0.29, 0.717) is 24.9 Å². The first kappa shape index (κ1) is 19.8. The summed E-state index contributed by atoms with van der Waals surface area (Å²) in [4.78, 5) is 5.45. The van der Waals surface area contributed by atoms with Crippen molar-refractivity contribution in [2.45, 2.75) is 24.9 Å². The lowest BCUT2D eigenvalue weighted by atomic mass is 10.2. The Morgan fingerprint density at radius 3 is 2.33 bits per heavy atom. The van der Waals surface area contributed by atoms with Crippen molar-refractivity contribution in [2.24, 2.45) is 4.99 Å². The van der Waals surface area contributed by atoms with Crippen molar-refractivity contribution in [1.82, 2.24) is 4.90 Å². The Balaban J connectivity index is 3.30. The molecule has 0 bridgehead atoms. The summed E-state index contributed by atoms with van der Waals surface area (Å²) in [6.45, 7) is 4.51. The lowest BCUT2D eigenvalue weighted by Gasteiger charge is -2.18. The lowest BCUT2D eigenvalue weighted by molar-refractivity contribution is -0.105. The van der Waals surface area contributed by atoms with E-state index >= 15 is 0 Å². The average molecular weight is 358 g/mol. The molecule has 0 fully saturated rings. The fraction of sp³-hybridized carbons (Fsp3) is 0.400. The SMILES string of the molecule is CCN(CC)C(C#N)=Nc1cc(SCC(F)(F)F)c(C#N)cc1F. The molecule has 0 aliphatic rings. The second-order valence-corrected chi connectivity index (χ2v) is 5.55.